The highest BCUT2D eigenvalue weighted by Crippen LogP contribution is 2.66. The van der Waals surface area contributed by atoms with E-state index in [9.17, 15) is 0 Å². The van der Waals surface area contributed by atoms with Crippen molar-refractivity contribution >= 4 is 0 Å². The summed E-state index contributed by atoms with van der Waals surface area (Å²) in [5.74, 6) is 3.99. The van der Waals surface area contributed by atoms with Gasteiger partial charge in [0.15, 0.2) is 0 Å². The van der Waals surface area contributed by atoms with Gasteiger partial charge in [0.2, 0.25) is 0 Å². The maximum atomic E-state index is 2.49. The van der Waals surface area contributed by atoms with Gasteiger partial charge in [-0.15, -0.1) is 0 Å². The molecule has 0 heterocycles. The Hall–Kier alpha value is 0. The van der Waals surface area contributed by atoms with Gasteiger partial charge in [0.1, 0.15) is 0 Å². The molecule has 0 saturated heterocycles. The quantitative estimate of drug-likeness (QED) is 0.607. The maximum absolute atomic E-state index is 2.49. The normalized spacial score (nSPS) is 40.3. The van der Waals surface area contributed by atoms with Crippen LogP contribution in [0.4, 0.5) is 0 Å². The fraction of sp³-hybridized carbons (Fsp3) is 1.00. The number of rotatable bonds is 4. The van der Waals surface area contributed by atoms with Crippen molar-refractivity contribution in [1.82, 2.24) is 0 Å². The average molecular weight is 222 g/mol. The third-order valence-corrected chi connectivity index (χ3v) is 5.62. The summed E-state index contributed by atoms with van der Waals surface area (Å²) >= 11 is 0. The highest BCUT2D eigenvalue weighted by Gasteiger charge is 2.57. The molecule has 0 N–H and O–H groups in total. The molecule has 2 saturated carbocycles. The summed E-state index contributed by atoms with van der Waals surface area (Å²) in [6, 6.07) is 0. The molecule has 0 bridgehead atoms. The molecule has 0 heteroatoms. The van der Waals surface area contributed by atoms with Crippen LogP contribution in [0.1, 0.15) is 72.6 Å². The second kappa shape index (κ2) is 4.70. The Balaban J connectivity index is 1.91. The molecule has 2 aliphatic carbocycles. The van der Waals surface area contributed by atoms with Crippen LogP contribution in [-0.4, -0.2) is 0 Å². The lowest BCUT2D eigenvalue weighted by molar-refractivity contribution is 0.191. The Labute approximate surface area is 102 Å². The van der Waals surface area contributed by atoms with Crippen molar-refractivity contribution in [2.24, 2.45) is 29.1 Å². The second-order valence-corrected chi connectivity index (χ2v) is 7.03. The second-order valence-electron chi connectivity index (χ2n) is 7.03. The predicted molar refractivity (Wildman–Crippen MR) is 71.4 cm³/mol. The van der Waals surface area contributed by atoms with Gasteiger partial charge in [0.25, 0.3) is 0 Å². The van der Waals surface area contributed by atoms with Crippen LogP contribution in [0.5, 0.6) is 0 Å². The molecule has 94 valence electrons. The summed E-state index contributed by atoms with van der Waals surface area (Å²) in [5, 5.41) is 0. The summed E-state index contributed by atoms with van der Waals surface area (Å²) in [6.07, 6.45) is 10.6. The van der Waals surface area contributed by atoms with Crippen LogP contribution >= 0.6 is 0 Å². The molecule has 0 aromatic rings. The van der Waals surface area contributed by atoms with Crippen molar-refractivity contribution in [3.8, 4) is 0 Å². The molecule has 0 nitrogen and oxygen atoms in total. The van der Waals surface area contributed by atoms with E-state index in [1.165, 1.54) is 25.7 Å². The molecule has 2 fully saturated rings. The lowest BCUT2D eigenvalue weighted by Crippen LogP contribution is -2.21. The van der Waals surface area contributed by atoms with Crippen molar-refractivity contribution in [2.45, 2.75) is 72.6 Å². The van der Waals surface area contributed by atoms with E-state index in [1.807, 2.05) is 0 Å². The van der Waals surface area contributed by atoms with E-state index >= 15 is 0 Å². The summed E-state index contributed by atoms with van der Waals surface area (Å²) in [6.45, 7) is 9.65. The third kappa shape index (κ3) is 2.31. The van der Waals surface area contributed by atoms with E-state index in [1.54, 1.807) is 19.3 Å². The van der Waals surface area contributed by atoms with Crippen molar-refractivity contribution in [2.75, 3.05) is 0 Å². The van der Waals surface area contributed by atoms with Gasteiger partial charge in [0.05, 0.1) is 0 Å². The summed E-state index contributed by atoms with van der Waals surface area (Å²) in [7, 11) is 0. The predicted octanol–water partition coefficient (Wildman–Crippen LogP) is 5.28. The van der Waals surface area contributed by atoms with Crippen LogP contribution in [0, 0.1) is 29.1 Å². The minimum atomic E-state index is 0.821. The zero-order valence-corrected chi connectivity index (χ0v) is 11.8. The first-order valence-electron chi connectivity index (χ1n) is 7.59. The smallest absolute Gasteiger partial charge is 0.0261 e. The minimum absolute atomic E-state index is 0.821. The van der Waals surface area contributed by atoms with Crippen molar-refractivity contribution in [1.29, 1.82) is 0 Å². The Morgan fingerprint density at radius 3 is 2.56 bits per heavy atom. The molecular formula is C16H30. The summed E-state index contributed by atoms with van der Waals surface area (Å²) in [5.41, 5.74) is 0.821. The van der Waals surface area contributed by atoms with E-state index < -0.39 is 0 Å². The van der Waals surface area contributed by atoms with Crippen molar-refractivity contribution in [3.63, 3.8) is 0 Å². The Morgan fingerprint density at radius 1 is 1.19 bits per heavy atom. The molecule has 0 amide bonds. The molecule has 4 unspecified atom stereocenters. The SMILES string of the molecule is CCCC1CCCC2(C1)CC2C(C)C(C)C. The molecule has 0 aromatic heterocycles. The average Bonchev–Trinajstić information content (AvgIpc) is 2.91. The van der Waals surface area contributed by atoms with Crippen molar-refractivity contribution < 1.29 is 0 Å². The van der Waals surface area contributed by atoms with E-state index in [0.29, 0.717) is 0 Å². The van der Waals surface area contributed by atoms with Crippen LogP contribution in [0.3, 0.4) is 0 Å². The lowest BCUT2D eigenvalue weighted by Gasteiger charge is -2.32. The molecule has 0 aromatic carbocycles. The molecule has 0 aliphatic heterocycles. The first-order chi connectivity index (χ1) is 7.59. The van der Waals surface area contributed by atoms with Crippen LogP contribution < -0.4 is 0 Å². The van der Waals surface area contributed by atoms with E-state index in [4.69, 9.17) is 0 Å². The lowest BCUT2D eigenvalue weighted by atomic mass is 9.74. The highest BCUT2D eigenvalue weighted by molar-refractivity contribution is 5.06. The maximum Gasteiger partial charge on any atom is -0.0261 e. The van der Waals surface area contributed by atoms with Crippen LogP contribution in [0.25, 0.3) is 0 Å². The summed E-state index contributed by atoms with van der Waals surface area (Å²) in [4.78, 5) is 0. The van der Waals surface area contributed by atoms with Gasteiger partial charge < -0.3 is 0 Å². The molecule has 4 atom stereocenters. The molecule has 1 spiro atoms. The number of hydrogen-bond donors (Lipinski definition) is 0. The van der Waals surface area contributed by atoms with E-state index in [0.717, 1.165) is 29.1 Å². The largest absolute Gasteiger partial charge is 0.0654 e. The molecular weight excluding hydrogens is 192 g/mol. The zero-order valence-electron chi connectivity index (χ0n) is 11.8. The topological polar surface area (TPSA) is 0 Å². The van der Waals surface area contributed by atoms with Crippen LogP contribution in [0.15, 0.2) is 0 Å². The van der Waals surface area contributed by atoms with Crippen molar-refractivity contribution in [3.05, 3.63) is 0 Å². The van der Waals surface area contributed by atoms with Gasteiger partial charge in [-0.1, -0.05) is 53.4 Å². The van der Waals surface area contributed by atoms with E-state index in [2.05, 4.69) is 27.7 Å². The van der Waals surface area contributed by atoms with Gasteiger partial charge in [-0.25, -0.2) is 0 Å². The molecule has 16 heavy (non-hydrogen) atoms. The first-order valence-corrected chi connectivity index (χ1v) is 7.59. The van der Waals surface area contributed by atoms with Crippen LogP contribution in [-0.2, 0) is 0 Å². The first kappa shape index (κ1) is 12.5. The van der Waals surface area contributed by atoms with Gasteiger partial charge in [-0.3, -0.25) is 0 Å². The summed E-state index contributed by atoms with van der Waals surface area (Å²) < 4.78 is 0. The Morgan fingerprint density at radius 2 is 1.94 bits per heavy atom. The molecule has 2 rings (SSSR count). The number of hydrogen-bond acceptors (Lipinski definition) is 0. The van der Waals surface area contributed by atoms with Gasteiger partial charge in [-0.2, -0.15) is 0 Å². The fourth-order valence-electron chi connectivity index (χ4n) is 4.29. The van der Waals surface area contributed by atoms with Gasteiger partial charge in [0, 0.05) is 0 Å². The Kier molecular flexibility index (Phi) is 3.66. The zero-order chi connectivity index (χ0) is 11.8. The third-order valence-electron chi connectivity index (χ3n) is 5.62. The van der Waals surface area contributed by atoms with Gasteiger partial charge in [-0.05, 0) is 48.3 Å². The van der Waals surface area contributed by atoms with Gasteiger partial charge >= 0.3 is 0 Å². The molecule has 0 radical (unpaired) electrons. The highest BCUT2D eigenvalue weighted by atomic mass is 14.6. The van der Waals surface area contributed by atoms with Crippen LogP contribution in [0.2, 0.25) is 0 Å². The fourth-order valence-corrected chi connectivity index (χ4v) is 4.29. The monoisotopic (exact) mass is 222 g/mol. The standard InChI is InChI=1S/C16H30/c1-5-7-14-8-6-9-16(10-14)11-15(16)13(4)12(2)3/h12-15H,5-11H2,1-4H3. The molecule has 2 aliphatic rings. The Bertz CT molecular complexity index is 228. The minimum Gasteiger partial charge on any atom is -0.0654 e. The van der Waals surface area contributed by atoms with E-state index in [-0.39, 0.29) is 0 Å².